The Labute approximate surface area is 143 Å². The van der Waals surface area contributed by atoms with Gasteiger partial charge >= 0.3 is 11.8 Å². The number of carbonyl (C=O) groups is 3. The molecule has 2 rings (SSSR count). The van der Waals surface area contributed by atoms with E-state index in [1.54, 1.807) is 24.3 Å². The molecule has 2 aromatic rings. The summed E-state index contributed by atoms with van der Waals surface area (Å²) >= 11 is 0. The van der Waals surface area contributed by atoms with Crippen LogP contribution in [0.3, 0.4) is 0 Å². The van der Waals surface area contributed by atoms with E-state index < -0.39 is 17.7 Å². The fraction of sp³-hybridized carbons (Fsp3) is 0.188. The first-order chi connectivity index (χ1) is 12.0. The van der Waals surface area contributed by atoms with Crippen LogP contribution in [-0.4, -0.2) is 31.9 Å². The van der Waals surface area contributed by atoms with Crippen LogP contribution in [-0.2, 0) is 16.1 Å². The van der Waals surface area contributed by atoms with Crippen LogP contribution >= 0.6 is 0 Å². The Kier molecular flexibility index (Phi) is 5.99. The molecule has 3 N–H and O–H groups in total. The molecule has 0 aliphatic heterocycles. The second-order valence-corrected chi connectivity index (χ2v) is 4.74. The third-order valence-corrected chi connectivity index (χ3v) is 3.15. The molecule has 0 saturated carbocycles. The zero-order valence-corrected chi connectivity index (χ0v) is 13.6. The van der Waals surface area contributed by atoms with Gasteiger partial charge in [-0.2, -0.15) is 0 Å². The standard InChI is InChI=1S/C16H17N3O6/c1-23-10-5-6-13(24-2)12(8-10)14(20)18-19-16(22)15(21)17-9-11-4-3-7-25-11/h3-8H,9H2,1-2H3,(H,17,21)(H,18,20)(H,19,22). The number of hydrazine groups is 1. The minimum absolute atomic E-state index is 0.0525. The quantitative estimate of drug-likeness (QED) is 0.531. The number of rotatable bonds is 5. The summed E-state index contributed by atoms with van der Waals surface area (Å²) in [6.07, 6.45) is 1.45. The van der Waals surface area contributed by atoms with Gasteiger partial charge in [0.15, 0.2) is 0 Å². The van der Waals surface area contributed by atoms with E-state index in [0.717, 1.165) is 0 Å². The number of carbonyl (C=O) groups excluding carboxylic acids is 3. The van der Waals surface area contributed by atoms with E-state index in [9.17, 15) is 14.4 Å². The Hall–Kier alpha value is -3.49. The van der Waals surface area contributed by atoms with E-state index in [4.69, 9.17) is 13.9 Å². The average Bonchev–Trinajstić information content (AvgIpc) is 3.16. The van der Waals surface area contributed by atoms with Gasteiger partial charge in [-0.25, -0.2) is 0 Å². The van der Waals surface area contributed by atoms with E-state index in [-0.39, 0.29) is 17.9 Å². The third kappa shape index (κ3) is 4.74. The summed E-state index contributed by atoms with van der Waals surface area (Å²) in [4.78, 5) is 35.5. The summed E-state index contributed by atoms with van der Waals surface area (Å²) < 4.78 is 15.1. The number of nitrogens with one attached hydrogen (secondary N) is 3. The van der Waals surface area contributed by atoms with Crippen molar-refractivity contribution in [2.45, 2.75) is 6.54 Å². The second-order valence-electron chi connectivity index (χ2n) is 4.74. The number of hydrogen-bond acceptors (Lipinski definition) is 6. The van der Waals surface area contributed by atoms with Crippen LogP contribution in [0.15, 0.2) is 41.0 Å². The molecule has 9 heteroatoms. The van der Waals surface area contributed by atoms with E-state index in [1.165, 1.54) is 26.5 Å². The van der Waals surface area contributed by atoms with Crippen molar-refractivity contribution >= 4 is 17.7 Å². The number of methoxy groups -OCH3 is 2. The Balaban J connectivity index is 1.90. The number of ether oxygens (including phenoxy) is 2. The molecule has 0 aliphatic rings. The maximum Gasteiger partial charge on any atom is 0.327 e. The van der Waals surface area contributed by atoms with Gasteiger partial charge in [0.2, 0.25) is 0 Å². The Bertz CT molecular complexity index is 757. The Morgan fingerprint density at radius 1 is 1.04 bits per heavy atom. The molecule has 25 heavy (non-hydrogen) atoms. The second kappa shape index (κ2) is 8.39. The van der Waals surface area contributed by atoms with Gasteiger partial charge < -0.3 is 19.2 Å². The van der Waals surface area contributed by atoms with Crippen LogP contribution in [0.1, 0.15) is 16.1 Å². The van der Waals surface area contributed by atoms with E-state index in [2.05, 4.69) is 10.7 Å². The van der Waals surface area contributed by atoms with Crippen LogP contribution in [0.4, 0.5) is 0 Å². The lowest BCUT2D eigenvalue weighted by molar-refractivity contribution is -0.139. The molecular weight excluding hydrogens is 330 g/mol. The molecule has 1 aromatic heterocycles. The lowest BCUT2D eigenvalue weighted by Crippen LogP contribution is -2.48. The largest absolute Gasteiger partial charge is 0.497 e. The molecule has 9 nitrogen and oxygen atoms in total. The van der Waals surface area contributed by atoms with Gasteiger partial charge in [0, 0.05) is 0 Å². The summed E-state index contributed by atoms with van der Waals surface area (Å²) in [5.74, 6) is -1.39. The lowest BCUT2D eigenvalue weighted by Gasteiger charge is -2.11. The van der Waals surface area contributed by atoms with Crippen molar-refractivity contribution in [3.05, 3.63) is 47.9 Å². The van der Waals surface area contributed by atoms with Gasteiger partial charge in [-0.15, -0.1) is 0 Å². The number of amides is 3. The van der Waals surface area contributed by atoms with Crippen molar-refractivity contribution in [2.24, 2.45) is 0 Å². The normalized spacial score (nSPS) is 9.84. The van der Waals surface area contributed by atoms with Crippen LogP contribution in [0.5, 0.6) is 11.5 Å². The molecule has 0 radical (unpaired) electrons. The lowest BCUT2D eigenvalue weighted by atomic mass is 10.2. The first kappa shape index (κ1) is 17.9. The van der Waals surface area contributed by atoms with E-state index >= 15 is 0 Å². The van der Waals surface area contributed by atoms with Crippen molar-refractivity contribution < 1.29 is 28.3 Å². The number of benzene rings is 1. The van der Waals surface area contributed by atoms with E-state index in [1.807, 2.05) is 5.43 Å². The first-order valence-corrected chi connectivity index (χ1v) is 7.18. The van der Waals surface area contributed by atoms with Crippen molar-refractivity contribution in [2.75, 3.05) is 14.2 Å². The van der Waals surface area contributed by atoms with Crippen LogP contribution in [0, 0.1) is 0 Å². The van der Waals surface area contributed by atoms with Crippen molar-refractivity contribution in [3.8, 4) is 11.5 Å². The van der Waals surface area contributed by atoms with Crippen LogP contribution in [0.25, 0.3) is 0 Å². The summed E-state index contributed by atoms with van der Waals surface area (Å²) in [5, 5.41) is 2.35. The smallest absolute Gasteiger partial charge is 0.327 e. The van der Waals surface area contributed by atoms with E-state index in [0.29, 0.717) is 11.5 Å². The average molecular weight is 347 g/mol. The highest BCUT2D eigenvalue weighted by Crippen LogP contribution is 2.23. The first-order valence-electron chi connectivity index (χ1n) is 7.18. The monoisotopic (exact) mass is 347 g/mol. The van der Waals surface area contributed by atoms with Crippen LogP contribution in [0.2, 0.25) is 0 Å². The molecule has 0 unspecified atom stereocenters. The van der Waals surface area contributed by atoms with Gasteiger partial charge in [0.05, 0.1) is 32.6 Å². The fourth-order valence-electron chi connectivity index (χ4n) is 1.89. The summed E-state index contributed by atoms with van der Waals surface area (Å²) in [7, 11) is 2.86. The molecule has 0 spiro atoms. The highest BCUT2D eigenvalue weighted by Gasteiger charge is 2.17. The molecule has 0 atom stereocenters. The molecule has 0 saturated heterocycles. The topological polar surface area (TPSA) is 119 Å². The predicted molar refractivity (Wildman–Crippen MR) is 85.7 cm³/mol. The summed E-state index contributed by atoms with van der Waals surface area (Å²) in [5.41, 5.74) is 4.30. The predicted octanol–water partition coefficient (Wildman–Crippen LogP) is 0.374. The SMILES string of the molecule is COc1ccc(OC)c(C(=O)NNC(=O)C(=O)NCc2ccco2)c1. The van der Waals surface area contributed by atoms with Gasteiger partial charge in [-0.05, 0) is 30.3 Å². The maximum absolute atomic E-state index is 12.2. The fourth-order valence-corrected chi connectivity index (χ4v) is 1.89. The molecule has 0 aliphatic carbocycles. The molecule has 0 fully saturated rings. The van der Waals surface area contributed by atoms with Crippen molar-refractivity contribution in [3.63, 3.8) is 0 Å². The van der Waals surface area contributed by atoms with Crippen molar-refractivity contribution in [1.29, 1.82) is 0 Å². The summed E-state index contributed by atoms with van der Waals surface area (Å²) in [6, 6.07) is 7.91. The molecule has 0 bridgehead atoms. The minimum atomic E-state index is -1.03. The molecular formula is C16H17N3O6. The van der Waals surface area contributed by atoms with Gasteiger partial charge in [-0.3, -0.25) is 25.2 Å². The van der Waals surface area contributed by atoms with Gasteiger partial charge in [-0.1, -0.05) is 0 Å². The molecule has 3 amide bonds. The highest BCUT2D eigenvalue weighted by atomic mass is 16.5. The molecule has 1 heterocycles. The number of furan rings is 1. The minimum Gasteiger partial charge on any atom is -0.497 e. The maximum atomic E-state index is 12.2. The summed E-state index contributed by atoms with van der Waals surface area (Å²) in [6.45, 7) is 0.0525. The Morgan fingerprint density at radius 3 is 2.48 bits per heavy atom. The molecule has 1 aromatic carbocycles. The molecule has 132 valence electrons. The van der Waals surface area contributed by atoms with Gasteiger partial charge in [0.25, 0.3) is 5.91 Å². The van der Waals surface area contributed by atoms with Crippen molar-refractivity contribution in [1.82, 2.24) is 16.2 Å². The van der Waals surface area contributed by atoms with Gasteiger partial charge in [0.1, 0.15) is 17.3 Å². The highest BCUT2D eigenvalue weighted by molar-refractivity contribution is 6.35. The zero-order valence-electron chi connectivity index (χ0n) is 13.6. The zero-order chi connectivity index (χ0) is 18.2. The number of hydrogen-bond donors (Lipinski definition) is 3. The third-order valence-electron chi connectivity index (χ3n) is 3.15. The van der Waals surface area contributed by atoms with Crippen LogP contribution < -0.4 is 25.6 Å². The Morgan fingerprint density at radius 2 is 1.84 bits per heavy atom.